The molecule has 0 fully saturated rings. The highest BCUT2D eigenvalue weighted by Gasteiger charge is 2.14. The van der Waals surface area contributed by atoms with Crippen LogP contribution in [-0.4, -0.2) is 18.1 Å². The number of hydrogen-bond donors (Lipinski definition) is 0. The van der Waals surface area contributed by atoms with Crippen LogP contribution in [0.1, 0.15) is 37.8 Å². The number of aryl methyl sites for hydroxylation is 2. The first-order valence-electron chi connectivity index (χ1n) is 9.02. The van der Waals surface area contributed by atoms with Crippen LogP contribution in [0.5, 0.6) is 10.9 Å². The SMILES string of the molecule is CCCN(CCC)c1cccc2nc(Oc3ccc(C)cc3C)sc12. The minimum absolute atomic E-state index is 0.711. The van der Waals surface area contributed by atoms with E-state index < -0.39 is 0 Å². The summed E-state index contributed by atoms with van der Waals surface area (Å²) in [7, 11) is 0. The van der Waals surface area contributed by atoms with E-state index in [-0.39, 0.29) is 0 Å². The van der Waals surface area contributed by atoms with Crippen LogP contribution in [-0.2, 0) is 0 Å². The highest BCUT2D eigenvalue weighted by Crippen LogP contribution is 2.38. The van der Waals surface area contributed by atoms with Crippen LogP contribution in [0.2, 0.25) is 0 Å². The Kier molecular flexibility index (Phi) is 5.59. The van der Waals surface area contributed by atoms with Gasteiger partial charge in [0.15, 0.2) is 0 Å². The number of ether oxygens (including phenoxy) is 1. The highest BCUT2D eigenvalue weighted by atomic mass is 32.1. The normalized spacial score (nSPS) is 11.0. The first kappa shape index (κ1) is 17.7. The van der Waals surface area contributed by atoms with Crippen LogP contribution < -0.4 is 9.64 Å². The Balaban J connectivity index is 1.95. The van der Waals surface area contributed by atoms with E-state index in [1.54, 1.807) is 11.3 Å². The fourth-order valence-electron chi connectivity index (χ4n) is 3.11. The molecule has 0 radical (unpaired) electrons. The van der Waals surface area contributed by atoms with Crippen molar-refractivity contribution in [3.05, 3.63) is 47.5 Å². The molecule has 2 aromatic carbocycles. The molecule has 3 aromatic rings. The van der Waals surface area contributed by atoms with Gasteiger partial charge in [-0.1, -0.05) is 48.9 Å². The van der Waals surface area contributed by atoms with Crippen molar-refractivity contribution in [1.29, 1.82) is 0 Å². The Bertz CT molecular complexity index is 850. The van der Waals surface area contributed by atoms with Crippen molar-refractivity contribution in [2.24, 2.45) is 0 Å². The van der Waals surface area contributed by atoms with Crippen LogP contribution >= 0.6 is 11.3 Å². The summed E-state index contributed by atoms with van der Waals surface area (Å²) in [5.74, 6) is 0.880. The maximum absolute atomic E-state index is 6.09. The van der Waals surface area contributed by atoms with Gasteiger partial charge >= 0.3 is 0 Å². The number of nitrogens with zero attached hydrogens (tertiary/aromatic N) is 2. The van der Waals surface area contributed by atoms with Gasteiger partial charge < -0.3 is 9.64 Å². The second-order valence-corrected chi connectivity index (χ2v) is 7.42. The average Bonchev–Trinajstić information content (AvgIpc) is 3.00. The maximum Gasteiger partial charge on any atom is 0.279 e. The van der Waals surface area contributed by atoms with Crippen molar-refractivity contribution in [2.75, 3.05) is 18.0 Å². The largest absolute Gasteiger partial charge is 0.431 e. The lowest BCUT2D eigenvalue weighted by Gasteiger charge is -2.24. The minimum atomic E-state index is 0.711. The molecule has 0 aliphatic heterocycles. The lowest BCUT2D eigenvalue weighted by molar-refractivity contribution is 0.476. The predicted octanol–water partition coefficient (Wildman–Crippen LogP) is 6.33. The van der Waals surface area contributed by atoms with Crippen LogP contribution in [0.4, 0.5) is 5.69 Å². The highest BCUT2D eigenvalue weighted by molar-refractivity contribution is 7.20. The molecule has 0 saturated carbocycles. The Hall–Kier alpha value is -2.07. The molecule has 0 bridgehead atoms. The number of anilines is 1. The van der Waals surface area contributed by atoms with Gasteiger partial charge in [0.2, 0.25) is 0 Å². The Labute approximate surface area is 154 Å². The number of rotatable bonds is 7. The molecule has 0 amide bonds. The lowest BCUT2D eigenvalue weighted by Crippen LogP contribution is -2.24. The smallest absolute Gasteiger partial charge is 0.279 e. The monoisotopic (exact) mass is 354 g/mol. The van der Waals surface area contributed by atoms with Crippen LogP contribution in [0.25, 0.3) is 10.2 Å². The van der Waals surface area contributed by atoms with E-state index in [1.807, 2.05) is 6.07 Å². The molecule has 0 unspecified atom stereocenters. The summed E-state index contributed by atoms with van der Waals surface area (Å²) in [6, 6.07) is 12.6. The van der Waals surface area contributed by atoms with Gasteiger partial charge in [0.05, 0.1) is 15.9 Å². The molecular weight excluding hydrogens is 328 g/mol. The summed E-state index contributed by atoms with van der Waals surface area (Å²) < 4.78 is 7.30. The van der Waals surface area contributed by atoms with Crippen molar-refractivity contribution >= 4 is 27.2 Å². The number of benzene rings is 2. The minimum Gasteiger partial charge on any atom is -0.431 e. The lowest BCUT2D eigenvalue weighted by atomic mass is 10.1. The van der Waals surface area contributed by atoms with Gasteiger partial charge in [-0.25, -0.2) is 4.98 Å². The summed E-state index contributed by atoms with van der Waals surface area (Å²) >= 11 is 1.64. The Morgan fingerprint density at radius 3 is 2.48 bits per heavy atom. The van der Waals surface area contributed by atoms with Crippen molar-refractivity contribution in [3.63, 3.8) is 0 Å². The number of fused-ring (bicyclic) bond motifs is 1. The molecule has 0 N–H and O–H groups in total. The first-order chi connectivity index (χ1) is 12.1. The number of aromatic nitrogens is 1. The second kappa shape index (κ2) is 7.87. The molecule has 0 saturated heterocycles. The van der Waals surface area contributed by atoms with Gasteiger partial charge in [-0.05, 0) is 50.5 Å². The third-order valence-electron chi connectivity index (χ3n) is 4.23. The van der Waals surface area contributed by atoms with Gasteiger partial charge in [0.1, 0.15) is 5.75 Å². The van der Waals surface area contributed by atoms with E-state index >= 15 is 0 Å². The van der Waals surface area contributed by atoms with Gasteiger partial charge in [0.25, 0.3) is 5.19 Å². The zero-order valence-corrected chi connectivity index (χ0v) is 16.3. The molecule has 0 aliphatic carbocycles. The van der Waals surface area contributed by atoms with Gasteiger partial charge in [-0.3, -0.25) is 0 Å². The number of hydrogen-bond acceptors (Lipinski definition) is 4. The van der Waals surface area contributed by atoms with Gasteiger partial charge in [-0.15, -0.1) is 0 Å². The zero-order chi connectivity index (χ0) is 17.8. The van der Waals surface area contributed by atoms with Crippen molar-refractivity contribution < 1.29 is 4.74 Å². The molecule has 0 atom stereocenters. The Morgan fingerprint density at radius 2 is 1.80 bits per heavy atom. The zero-order valence-electron chi connectivity index (χ0n) is 15.5. The molecule has 132 valence electrons. The van der Waals surface area contributed by atoms with Crippen LogP contribution in [0, 0.1) is 13.8 Å². The third-order valence-corrected chi connectivity index (χ3v) is 5.20. The quantitative estimate of drug-likeness (QED) is 0.495. The van der Waals surface area contributed by atoms with Gasteiger partial charge in [-0.2, -0.15) is 0 Å². The Morgan fingerprint density at radius 1 is 1.04 bits per heavy atom. The maximum atomic E-state index is 6.09. The standard InChI is InChI=1S/C21H26N2OS/c1-5-12-23(13-6-2)18-9-7-8-17-20(18)25-21(22-17)24-19-11-10-15(3)14-16(19)4/h7-11,14H,5-6,12-13H2,1-4H3. The summed E-state index contributed by atoms with van der Waals surface area (Å²) in [6.07, 6.45) is 2.28. The van der Waals surface area contributed by atoms with Crippen LogP contribution in [0.3, 0.4) is 0 Å². The first-order valence-corrected chi connectivity index (χ1v) is 9.83. The summed E-state index contributed by atoms with van der Waals surface area (Å²) in [4.78, 5) is 7.16. The van der Waals surface area contributed by atoms with E-state index in [1.165, 1.54) is 16.0 Å². The van der Waals surface area contributed by atoms with Crippen molar-refractivity contribution in [2.45, 2.75) is 40.5 Å². The summed E-state index contributed by atoms with van der Waals surface area (Å²) in [5, 5.41) is 0.711. The van der Waals surface area contributed by atoms with E-state index in [2.05, 4.69) is 62.9 Å². The van der Waals surface area contributed by atoms with Crippen molar-refractivity contribution in [3.8, 4) is 10.9 Å². The molecule has 3 nitrogen and oxygen atoms in total. The molecule has 3 rings (SSSR count). The van der Waals surface area contributed by atoms with E-state index in [0.29, 0.717) is 5.19 Å². The fourth-order valence-corrected chi connectivity index (χ4v) is 4.08. The van der Waals surface area contributed by atoms with E-state index in [9.17, 15) is 0 Å². The second-order valence-electron chi connectivity index (χ2n) is 6.46. The third kappa shape index (κ3) is 3.96. The topological polar surface area (TPSA) is 25.4 Å². The summed E-state index contributed by atoms with van der Waals surface area (Å²) in [6.45, 7) is 10.8. The van der Waals surface area contributed by atoms with Gasteiger partial charge in [0, 0.05) is 13.1 Å². The molecule has 4 heteroatoms. The molecule has 1 aromatic heterocycles. The number of thiazole rings is 1. The average molecular weight is 355 g/mol. The van der Waals surface area contributed by atoms with E-state index in [0.717, 1.165) is 42.8 Å². The molecular formula is C21H26N2OS. The molecule has 0 aliphatic rings. The molecule has 25 heavy (non-hydrogen) atoms. The van der Waals surface area contributed by atoms with E-state index in [4.69, 9.17) is 9.72 Å². The molecule has 0 spiro atoms. The molecule has 1 heterocycles. The van der Waals surface area contributed by atoms with Crippen molar-refractivity contribution in [1.82, 2.24) is 4.98 Å². The predicted molar refractivity (Wildman–Crippen MR) is 108 cm³/mol. The van der Waals surface area contributed by atoms with Crippen LogP contribution in [0.15, 0.2) is 36.4 Å². The fraction of sp³-hybridized carbons (Fsp3) is 0.381. The summed E-state index contributed by atoms with van der Waals surface area (Å²) in [5.41, 5.74) is 4.66.